The van der Waals surface area contributed by atoms with Gasteiger partial charge in [0.15, 0.2) is 0 Å². The van der Waals surface area contributed by atoms with E-state index in [0.717, 1.165) is 0 Å². The normalized spacial score (nSPS) is 8.67. The first-order valence-corrected chi connectivity index (χ1v) is 4.82. The van der Waals surface area contributed by atoms with Gasteiger partial charge in [0.2, 0.25) is 5.95 Å². The van der Waals surface area contributed by atoms with E-state index >= 15 is 0 Å². The van der Waals surface area contributed by atoms with Crippen molar-refractivity contribution in [3.8, 4) is 0 Å². The van der Waals surface area contributed by atoms with E-state index in [2.05, 4.69) is 14.8 Å². The number of aromatic nitrogens is 2. The molecule has 2 N–H and O–H groups in total. The number of hydrogen-bond acceptors (Lipinski definition) is 4. The summed E-state index contributed by atoms with van der Waals surface area (Å²) in [7, 11) is 0. The average molecular weight is 244 g/mol. The first kappa shape index (κ1) is 13.3. The molecular formula is C12H9FN4O. The third-order valence-corrected chi connectivity index (χ3v) is 1.76. The summed E-state index contributed by atoms with van der Waals surface area (Å²) in [5.74, 6) is -0.0698. The Morgan fingerprint density at radius 2 is 2.17 bits per heavy atom. The molecule has 18 heavy (non-hydrogen) atoms. The third kappa shape index (κ3) is 4.37. The summed E-state index contributed by atoms with van der Waals surface area (Å²) < 4.78 is 12.0. The summed E-state index contributed by atoms with van der Waals surface area (Å²) in [6, 6.07) is 7.29. The standard InChI is InChI=1S/C7H4N2O.C5H5FN2/c1-8-7-4-6(5-10)2-3-9-7;6-4-2-1-3-5(7)8-4/h2-5H;1-3H,(H2,7,8). The van der Waals surface area contributed by atoms with E-state index in [4.69, 9.17) is 12.3 Å². The Morgan fingerprint density at radius 1 is 1.39 bits per heavy atom. The fourth-order valence-corrected chi connectivity index (χ4v) is 0.993. The molecule has 0 aliphatic heterocycles. The van der Waals surface area contributed by atoms with E-state index < -0.39 is 5.95 Å². The van der Waals surface area contributed by atoms with Crippen molar-refractivity contribution in [1.82, 2.24) is 9.97 Å². The van der Waals surface area contributed by atoms with Gasteiger partial charge in [-0.2, -0.15) is 4.39 Å². The van der Waals surface area contributed by atoms with Crippen LogP contribution in [0, 0.1) is 12.5 Å². The van der Waals surface area contributed by atoms with E-state index in [-0.39, 0.29) is 11.6 Å². The lowest BCUT2D eigenvalue weighted by Gasteiger charge is -1.87. The van der Waals surface area contributed by atoms with E-state index in [1.807, 2.05) is 0 Å². The number of nitrogens with two attached hydrogens (primary N) is 1. The number of carbonyl (C=O) groups excluding carboxylic acids is 1. The second kappa shape index (κ2) is 6.70. The smallest absolute Gasteiger partial charge is 0.270 e. The number of nitrogen functional groups attached to an aromatic ring is 1. The highest BCUT2D eigenvalue weighted by atomic mass is 19.1. The zero-order valence-electron chi connectivity index (χ0n) is 9.25. The van der Waals surface area contributed by atoms with Crippen LogP contribution in [0.25, 0.3) is 4.85 Å². The molecule has 2 aromatic rings. The molecule has 2 aromatic heterocycles. The van der Waals surface area contributed by atoms with E-state index in [1.165, 1.54) is 30.5 Å². The molecule has 5 nitrogen and oxygen atoms in total. The molecule has 0 unspecified atom stereocenters. The number of anilines is 1. The van der Waals surface area contributed by atoms with Crippen LogP contribution < -0.4 is 5.73 Å². The maximum absolute atomic E-state index is 12.0. The predicted octanol–water partition coefficient (Wildman–Crippen LogP) is 2.25. The predicted molar refractivity (Wildman–Crippen MR) is 64.5 cm³/mol. The van der Waals surface area contributed by atoms with Gasteiger partial charge in [0.05, 0.1) is 0 Å². The van der Waals surface area contributed by atoms with Crippen LogP contribution in [-0.2, 0) is 0 Å². The van der Waals surface area contributed by atoms with Crippen LogP contribution in [0.15, 0.2) is 36.5 Å². The number of hydrogen-bond donors (Lipinski definition) is 1. The summed E-state index contributed by atoms with van der Waals surface area (Å²) in [6.45, 7) is 6.56. The first-order valence-electron chi connectivity index (χ1n) is 4.82. The Kier molecular flexibility index (Phi) is 4.94. The van der Waals surface area contributed by atoms with Crippen molar-refractivity contribution in [2.24, 2.45) is 0 Å². The van der Waals surface area contributed by atoms with Crippen molar-refractivity contribution in [3.63, 3.8) is 0 Å². The molecule has 0 aliphatic carbocycles. The number of nitrogens with zero attached hydrogens (tertiary/aromatic N) is 3. The van der Waals surface area contributed by atoms with Crippen LogP contribution in [0.3, 0.4) is 0 Å². The average Bonchev–Trinajstić information content (AvgIpc) is 2.39. The molecule has 0 spiro atoms. The second-order valence-electron chi connectivity index (χ2n) is 3.06. The molecule has 0 saturated carbocycles. The molecule has 2 heterocycles. The quantitative estimate of drug-likeness (QED) is 0.474. The maximum atomic E-state index is 12.0. The van der Waals surface area contributed by atoms with Gasteiger partial charge >= 0.3 is 0 Å². The molecule has 6 heteroatoms. The number of aldehydes is 1. The van der Waals surface area contributed by atoms with Gasteiger partial charge in [0.25, 0.3) is 5.82 Å². The highest BCUT2D eigenvalue weighted by molar-refractivity contribution is 5.76. The van der Waals surface area contributed by atoms with Gasteiger partial charge in [-0.3, -0.25) is 4.79 Å². The lowest BCUT2D eigenvalue weighted by Crippen LogP contribution is -1.90. The minimum Gasteiger partial charge on any atom is -0.384 e. The molecular weight excluding hydrogens is 235 g/mol. The number of halogens is 1. The molecule has 0 saturated heterocycles. The van der Waals surface area contributed by atoms with Crippen molar-refractivity contribution in [3.05, 3.63) is 59.5 Å². The highest BCUT2D eigenvalue weighted by Crippen LogP contribution is 2.07. The summed E-state index contributed by atoms with van der Waals surface area (Å²) >= 11 is 0. The number of rotatable bonds is 1. The minimum atomic E-state index is -0.537. The Labute approximate surface area is 103 Å². The number of carbonyl (C=O) groups is 1. The van der Waals surface area contributed by atoms with Gasteiger partial charge in [-0.05, 0) is 24.3 Å². The van der Waals surface area contributed by atoms with Crippen molar-refractivity contribution in [1.29, 1.82) is 0 Å². The molecule has 0 fully saturated rings. The highest BCUT2D eigenvalue weighted by Gasteiger charge is 1.93. The number of pyridine rings is 2. The fraction of sp³-hybridized carbons (Fsp3) is 0. The molecule has 0 aliphatic rings. The van der Waals surface area contributed by atoms with E-state index in [0.29, 0.717) is 11.8 Å². The van der Waals surface area contributed by atoms with Crippen molar-refractivity contribution >= 4 is 17.9 Å². The Balaban J connectivity index is 0.000000184. The van der Waals surface area contributed by atoms with Crippen molar-refractivity contribution in [2.45, 2.75) is 0 Å². The lowest BCUT2D eigenvalue weighted by atomic mass is 10.3. The van der Waals surface area contributed by atoms with E-state index in [9.17, 15) is 9.18 Å². The Hall–Kier alpha value is -2.81. The van der Waals surface area contributed by atoms with Crippen molar-refractivity contribution < 1.29 is 9.18 Å². The SMILES string of the molecule is Nc1cccc(F)n1.[C-]#[N+]c1cc(C=O)ccn1. The molecule has 0 amide bonds. The second-order valence-corrected chi connectivity index (χ2v) is 3.06. The largest absolute Gasteiger partial charge is 0.384 e. The minimum absolute atomic E-state index is 0.213. The Morgan fingerprint density at radius 3 is 2.67 bits per heavy atom. The summed E-state index contributed by atoms with van der Waals surface area (Å²) in [5.41, 5.74) is 5.59. The van der Waals surface area contributed by atoms with Crippen LogP contribution in [0.2, 0.25) is 0 Å². The van der Waals surface area contributed by atoms with Gasteiger partial charge in [-0.15, -0.1) is 4.98 Å². The first-order chi connectivity index (χ1) is 8.65. The molecule has 90 valence electrons. The molecule has 0 radical (unpaired) electrons. The van der Waals surface area contributed by atoms with Crippen LogP contribution in [0.4, 0.5) is 16.0 Å². The summed E-state index contributed by atoms with van der Waals surface area (Å²) in [4.78, 5) is 20.2. The maximum Gasteiger partial charge on any atom is 0.270 e. The molecule has 0 atom stereocenters. The molecule has 0 aromatic carbocycles. The third-order valence-electron chi connectivity index (χ3n) is 1.76. The van der Waals surface area contributed by atoms with Crippen LogP contribution in [0.5, 0.6) is 0 Å². The summed E-state index contributed by atoms with van der Waals surface area (Å²) in [6.07, 6.45) is 2.13. The monoisotopic (exact) mass is 244 g/mol. The van der Waals surface area contributed by atoms with Gasteiger partial charge in [0, 0.05) is 5.56 Å². The fourth-order valence-electron chi connectivity index (χ4n) is 0.993. The van der Waals surface area contributed by atoms with Crippen LogP contribution in [-0.4, -0.2) is 16.3 Å². The molecule has 0 bridgehead atoms. The van der Waals surface area contributed by atoms with Crippen LogP contribution in [0.1, 0.15) is 10.4 Å². The molecule has 2 rings (SSSR count). The lowest BCUT2D eigenvalue weighted by molar-refractivity contribution is 0.112. The van der Waals surface area contributed by atoms with Crippen LogP contribution >= 0.6 is 0 Å². The zero-order valence-corrected chi connectivity index (χ0v) is 9.25. The summed E-state index contributed by atoms with van der Waals surface area (Å²) in [5, 5.41) is 0. The topological polar surface area (TPSA) is 73.2 Å². The van der Waals surface area contributed by atoms with Gasteiger partial charge in [-0.25, -0.2) is 4.98 Å². The van der Waals surface area contributed by atoms with Gasteiger partial charge in [-0.1, -0.05) is 12.6 Å². The van der Waals surface area contributed by atoms with Gasteiger partial charge < -0.3 is 10.6 Å². The zero-order chi connectivity index (χ0) is 13.4. The van der Waals surface area contributed by atoms with Gasteiger partial charge in [0.1, 0.15) is 18.3 Å². The van der Waals surface area contributed by atoms with Crippen molar-refractivity contribution in [2.75, 3.05) is 5.73 Å². The Bertz CT molecular complexity index is 563. The van der Waals surface area contributed by atoms with E-state index in [1.54, 1.807) is 6.07 Å².